The van der Waals surface area contributed by atoms with Crippen molar-refractivity contribution in [3.05, 3.63) is 139 Å². The lowest BCUT2D eigenvalue weighted by molar-refractivity contribution is 0.660. The maximum atomic E-state index is 6.27. The minimum absolute atomic E-state index is 0.0575. The summed E-state index contributed by atoms with van der Waals surface area (Å²) in [6, 6.07) is 44.4. The van der Waals surface area contributed by atoms with Crippen molar-refractivity contribution in [3.8, 4) is 45.3 Å². The summed E-state index contributed by atoms with van der Waals surface area (Å²) in [5, 5.41) is 4.47. The molecule has 1 aliphatic carbocycles. The molecule has 9 rings (SSSR count). The van der Waals surface area contributed by atoms with Crippen LogP contribution in [0.5, 0.6) is 0 Å². The van der Waals surface area contributed by atoms with Crippen LogP contribution in [0.2, 0.25) is 0 Å². The summed E-state index contributed by atoms with van der Waals surface area (Å²) in [5.74, 6) is 1.93. The summed E-state index contributed by atoms with van der Waals surface area (Å²) < 4.78 is 6.27. The van der Waals surface area contributed by atoms with Crippen molar-refractivity contribution in [1.82, 2.24) is 15.0 Å². The third-order valence-electron chi connectivity index (χ3n) is 9.10. The third-order valence-corrected chi connectivity index (χ3v) is 9.10. The number of aromatic nitrogens is 3. The molecule has 4 heteroatoms. The van der Waals surface area contributed by atoms with Gasteiger partial charge in [-0.15, -0.1) is 0 Å². The van der Waals surface area contributed by atoms with E-state index in [1.807, 2.05) is 42.5 Å². The van der Waals surface area contributed by atoms with Crippen LogP contribution >= 0.6 is 0 Å². The molecule has 0 aliphatic heterocycles. The van der Waals surface area contributed by atoms with Crippen LogP contribution in [-0.4, -0.2) is 15.0 Å². The van der Waals surface area contributed by atoms with E-state index in [-0.39, 0.29) is 5.41 Å². The molecule has 0 saturated carbocycles. The summed E-state index contributed by atoms with van der Waals surface area (Å²) >= 11 is 0. The van der Waals surface area contributed by atoms with Crippen molar-refractivity contribution in [2.24, 2.45) is 0 Å². The Kier molecular flexibility index (Phi) is 5.21. The van der Waals surface area contributed by atoms with E-state index in [1.165, 1.54) is 27.6 Å². The lowest BCUT2D eigenvalue weighted by Crippen LogP contribution is -2.14. The Balaban J connectivity index is 1.24. The Morgan fingerprint density at radius 1 is 0.455 bits per heavy atom. The maximum Gasteiger partial charge on any atom is 0.164 e. The normalized spacial score (nSPS) is 13.4. The van der Waals surface area contributed by atoms with E-state index in [0.717, 1.165) is 44.0 Å². The van der Waals surface area contributed by atoms with Gasteiger partial charge in [0.25, 0.3) is 0 Å². The van der Waals surface area contributed by atoms with Gasteiger partial charge in [-0.3, -0.25) is 0 Å². The van der Waals surface area contributed by atoms with Gasteiger partial charge in [0.1, 0.15) is 11.2 Å². The van der Waals surface area contributed by atoms with Gasteiger partial charge in [0.05, 0.1) is 0 Å². The largest absolute Gasteiger partial charge is 0.456 e. The lowest BCUT2D eigenvalue weighted by atomic mass is 9.82. The number of furan rings is 1. The number of fused-ring (bicyclic) bond motifs is 7. The monoisotopic (exact) mass is 565 g/mol. The zero-order valence-electron chi connectivity index (χ0n) is 24.4. The molecule has 0 spiro atoms. The quantitative estimate of drug-likeness (QED) is 0.214. The van der Waals surface area contributed by atoms with Gasteiger partial charge < -0.3 is 4.42 Å². The molecular weight excluding hydrogens is 538 g/mol. The molecular formula is C40H27N3O. The number of nitrogens with zero attached hydrogens (tertiary/aromatic N) is 3. The lowest BCUT2D eigenvalue weighted by Gasteiger charge is -2.21. The molecule has 0 atom stereocenters. The molecule has 0 amide bonds. The first-order chi connectivity index (χ1) is 21.5. The van der Waals surface area contributed by atoms with Gasteiger partial charge in [0, 0.05) is 32.9 Å². The van der Waals surface area contributed by atoms with Crippen LogP contribution in [0.1, 0.15) is 25.0 Å². The number of hydrogen-bond donors (Lipinski definition) is 0. The van der Waals surface area contributed by atoms with Crippen LogP contribution in [0.4, 0.5) is 0 Å². The Labute approximate surface area is 254 Å². The smallest absolute Gasteiger partial charge is 0.164 e. The Morgan fingerprint density at radius 3 is 1.84 bits per heavy atom. The minimum Gasteiger partial charge on any atom is -0.456 e. The van der Waals surface area contributed by atoms with Gasteiger partial charge in [-0.05, 0) is 69.4 Å². The zero-order valence-corrected chi connectivity index (χ0v) is 24.4. The molecule has 44 heavy (non-hydrogen) atoms. The SMILES string of the molecule is CC1(C)c2ccccc2-c2cc(-c3nc(-c4ccccc4)nc(-c4ccc5oc6cc7ccccc7cc6c5c4)n3)ccc21. The fourth-order valence-corrected chi connectivity index (χ4v) is 6.81. The minimum atomic E-state index is -0.0575. The topological polar surface area (TPSA) is 51.8 Å². The van der Waals surface area contributed by atoms with Crippen LogP contribution in [0.3, 0.4) is 0 Å². The molecule has 1 aliphatic rings. The van der Waals surface area contributed by atoms with Crippen molar-refractivity contribution in [2.75, 3.05) is 0 Å². The van der Waals surface area contributed by atoms with Gasteiger partial charge >= 0.3 is 0 Å². The van der Waals surface area contributed by atoms with Crippen molar-refractivity contribution < 1.29 is 4.42 Å². The molecule has 0 radical (unpaired) electrons. The molecule has 4 nitrogen and oxygen atoms in total. The number of rotatable bonds is 3. The van der Waals surface area contributed by atoms with E-state index in [0.29, 0.717) is 17.5 Å². The second-order valence-corrected chi connectivity index (χ2v) is 12.1. The molecule has 0 bridgehead atoms. The Bertz CT molecular complexity index is 2420. The predicted octanol–water partition coefficient (Wildman–Crippen LogP) is 10.2. The van der Waals surface area contributed by atoms with Crippen LogP contribution < -0.4 is 0 Å². The highest BCUT2D eigenvalue weighted by Gasteiger charge is 2.35. The molecule has 0 unspecified atom stereocenters. The Morgan fingerprint density at radius 2 is 1.05 bits per heavy atom. The molecule has 0 N–H and O–H groups in total. The number of benzene rings is 6. The maximum absolute atomic E-state index is 6.27. The van der Waals surface area contributed by atoms with E-state index < -0.39 is 0 Å². The first-order valence-corrected chi connectivity index (χ1v) is 14.9. The highest BCUT2D eigenvalue weighted by molar-refractivity contribution is 6.10. The van der Waals surface area contributed by atoms with E-state index >= 15 is 0 Å². The highest BCUT2D eigenvalue weighted by Crippen LogP contribution is 2.49. The van der Waals surface area contributed by atoms with Gasteiger partial charge in [-0.1, -0.05) is 105 Å². The highest BCUT2D eigenvalue weighted by atomic mass is 16.3. The molecule has 6 aromatic carbocycles. The second kappa shape index (κ2) is 9.19. The van der Waals surface area contributed by atoms with Crippen molar-refractivity contribution >= 4 is 32.7 Å². The first-order valence-electron chi connectivity index (χ1n) is 14.9. The molecule has 8 aromatic rings. The van der Waals surface area contributed by atoms with Crippen molar-refractivity contribution in [1.29, 1.82) is 0 Å². The van der Waals surface area contributed by atoms with E-state index in [4.69, 9.17) is 19.4 Å². The van der Waals surface area contributed by atoms with Gasteiger partial charge in [-0.2, -0.15) is 0 Å². The van der Waals surface area contributed by atoms with Crippen LogP contribution in [-0.2, 0) is 5.41 Å². The van der Waals surface area contributed by atoms with E-state index in [2.05, 4.69) is 98.8 Å². The second-order valence-electron chi connectivity index (χ2n) is 12.1. The van der Waals surface area contributed by atoms with Crippen LogP contribution in [0.25, 0.3) is 78.0 Å². The molecule has 208 valence electrons. The summed E-state index contributed by atoms with van der Waals surface area (Å²) in [6.45, 7) is 4.59. The first kappa shape index (κ1) is 24.9. The van der Waals surface area contributed by atoms with Gasteiger partial charge in [0.2, 0.25) is 0 Å². The third kappa shape index (κ3) is 3.74. The summed E-state index contributed by atoms with van der Waals surface area (Å²) in [7, 11) is 0. The van der Waals surface area contributed by atoms with Crippen molar-refractivity contribution in [3.63, 3.8) is 0 Å². The fraction of sp³-hybridized carbons (Fsp3) is 0.0750. The fourth-order valence-electron chi connectivity index (χ4n) is 6.81. The Hall–Kier alpha value is -5.61. The standard InChI is InChI=1S/C40H27N3O/c1-40(2)33-15-9-8-14-29(33)30-21-27(16-18-34(30)40)38-41-37(24-10-4-3-5-11-24)42-39(43-38)28-17-19-35-31(22-28)32-20-25-12-6-7-13-26(25)23-36(32)44-35/h3-23H,1-2H3. The summed E-state index contributed by atoms with van der Waals surface area (Å²) in [6.07, 6.45) is 0. The summed E-state index contributed by atoms with van der Waals surface area (Å²) in [4.78, 5) is 15.1. The molecule has 0 saturated heterocycles. The van der Waals surface area contributed by atoms with E-state index in [9.17, 15) is 0 Å². The number of hydrogen-bond acceptors (Lipinski definition) is 4. The zero-order chi connectivity index (χ0) is 29.4. The van der Waals surface area contributed by atoms with Gasteiger partial charge in [-0.25, -0.2) is 15.0 Å². The summed E-state index contributed by atoms with van der Waals surface area (Å²) in [5.41, 5.74) is 9.69. The molecule has 2 aromatic heterocycles. The molecule has 2 heterocycles. The van der Waals surface area contributed by atoms with Crippen molar-refractivity contribution in [2.45, 2.75) is 19.3 Å². The van der Waals surface area contributed by atoms with Crippen LogP contribution in [0.15, 0.2) is 132 Å². The average molecular weight is 566 g/mol. The predicted molar refractivity (Wildman–Crippen MR) is 178 cm³/mol. The average Bonchev–Trinajstić information content (AvgIpc) is 3.54. The van der Waals surface area contributed by atoms with Crippen LogP contribution in [0, 0.1) is 0 Å². The van der Waals surface area contributed by atoms with Gasteiger partial charge in [0.15, 0.2) is 17.5 Å². The molecule has 0 fully saturated rings. The van der Waals surface area contributed by atoms with E-state index in [1.54, 1.807) is 0 Å².